The molecule has 1 fully saturated rings. The summed E-state index contributed by atoms with van der Waals surface area (Å²) in [5.41, 5.74) is 0. The van der Waals surface area contributed by atoms with Crippen LogP contribution in [0.25, 0.3) is 0 Å². The molecule has 0 bridgehead atoms. The molecular formula is C14H31NO2Si. The third-order valence-electron chi connectivity index (χ3n) is 4.43. The molecule has 0 aliphatic carbocycles. The number of hydroxylamine groups is 2. The zero-order valence-electron chi connectivity index (χ0n) is 13.6. The minimum absolute atomic E-state index is 0.216. The fraction of sp³-hybridized carbons (Fsp3) is 1.00. The molecule has 0 aromatic rings. The third-order valence-corrected chi connectivity index (χ3v) is 8.99. The van der Waals surface area contributed by atoms with Gasteiger partial charge < -0.3 is 4.43 Å². The van der Waals surface area contributed by atoms with Crippen molar-refractivity contribution in [1.29, 1.82) is 0 Å². The second-order valence-electron chi connectivity index (χ2n) is 7.65. The summed E-state index contributed by atoms with van der Waals surface area (Å²) in [6, 6.07) is 0.444. The molecule has 1 heterocycles. The molecule has 0 aromatic heterocycles. The van der Waals surface area contributed by atoms with Crippen molar-refractivity contribution in [3.05, 3.63) is 0 Å². The number of nitrogens with zero attached hydrogens (tertiary/aromatic N) is 1. The van der Waals surface area contributed by atoms with Gasteiger partial charge in [0.1, 0.15) is 0 Å². The second-order valence-corrected chi connectivity index (χ2v) is 12.4. The van der Waals surface area contributed by atoms with Gasteiger partial charge >= 0.3 is 0 Å². The molecule has 0 saturated carbocycles. The van der Waals surface area contributed by atoms with Crippen LogP contribution < -0.4 is 0 Å². The Kier molecular flexibility index (Phi) is 4.39. The lowest BCUT2D eigenvalue weighted by atomic mass is 9.98. The summed E-state index contributed by atoms with van der Waals surface area (Å²) >= 11 is 0. The van der Waals surface area contributed by atoms with Gasteiger partial charge in [-0.2, -0.15) is 5.06 Å². The van der Waals surface area contributed by atoms with E-state index in [2.05, 4.69) is 54.6 Å². The molecule has 0 spiro atoms. The van der Waals surface area contributed by atoms with Crippen LogP contribution in [0.4, 0.5) is 0 Å². The highest BCUT2D eigenvalue weighted by Crippen LogP contribution is 2.43. The molecule has 3 nitrogen and oxygen atoms in total. The van der Waals surface area contributed by atoms with Crippen LogP contribution in [0.2, 0.25) is 18.1 Å². The number of hydrogen-bond acceptors (Lipinski definition) is 3. The predicted molar refractivity (Wildman–Crippen MR) is 78.8 cm³/mol. The molecule has 1 aliphatic rings. The molecule has 1 saturated heterocycles. The minimum atomic E-state index is -1.79. The average molecular weight is 273 g/mol. The molecule has 0 N–H and O–H groups in total. The number of hydrogen-bond donors (Lipinski definition) is 0. The summed E-state index contributed by atoms with van der Waals surface area (Å²) < 4.78 is 6.48. The Hall–Kier alpha value is 0.0969. The van der Waals surface area contributed by atoms with E-state index in [1.54, 1.807) is 0 Å². The monoisotopic (exact) mass is 273 g/mol. The molecule has 0 amide bonds. The Morgan fingerprint density at radius 2 is 1.83 bits per heavy atom. The molecular weight excluding hydrogens is 242 g/mol. The lowest BCUT2D eigenvalue weighted by Crippen LogP contribution is -2.48. The maximum atomic E-state index is 6.48. The maximum absolute atomic E-state index is 6.48. The van der Waals surface area contributed by atoms with Crippen LogP contribution in [0.5, 0.6) is 0 Å². The topological polar surface area (TPSA) is 21.7 Å². The van der Waals surface area contributed by atoms with Crippen LogP contribution in [0.3, 0.4) is 0 Å². The lowest BCUT2D eigenvalue weighted by molar-refractivity contribution is -0.261. The molecule has 1 aliphatic heterocycles. The molecule has 4 heteroatoms. The molecule has 108 valence electrons. The van der Waals surface area contributed by atoms with E-state index in [0.717, 1.165) is 6.42 Å². The first-order chi connectivity index (χ1) is 7.88. The summed E-state index contributed by atoms with van der Waals surface area (Å²) in [5, 5.41) is 2.20. The zero-order chi connectivity index (χ0) is 14.4. The van der Waals surface area contributed by atoms with Crippen molar-refractivity contribution in [2.75, 3.05) is 7.05 Å². The van der Waals surface area contributed by atoms with E-state index in [4.69, 9.17) is 9.26 Å². The van der Waals surface area contributed by atoms with E-state index in [1.165, 1.54) is 0 Å². The SMILES string of the molecule is CC(C)[C@H]1C[C@@](C)(O[Si](C)(C)C(C)(C)C)ON1C. The molecule has 0 aromatic carbocycles. The fourth-order valence-electron chi connectivity index (χ4n) is 2.33. The van der Waals surface area contributed by atoms with Gasteiger partial charge in [-0.05, 0) is 31.0 Å². The summed E-state index contributed by atoms with van der Waals surface area (Å²) in [4.78, 5) is 6.00. The van der Waals surface area contributed by atoms with Crippen LogP contribution in [0, 0.1) is 5.92 Å². The summed E-state index contributed by atoms with van der Waals surface area (Å²) in [5.74, 6) is 0.131. The minimum Gasteiger partial charge on any atom is -0.389 e. The first-order valence-corrected chi connectivity index (χ1v) is 9.91. The van der Waals surface area contributed by atoms with Crippen molar-refractivity contribution >= 4 is 8.32 Å². The van der Waals surface area contributed by atoms with Gasteiger partial charge in [-0.1, -0.05) is 34.6 Å². The normalized spacial score (nSPS) is 31.3. The third kappa shape index (κ3) is 3.35. The average Bonchev–Trinajstić information content (AvgIpc) is 2.38. The van der Waals surface area contributed by atoms with E-state index in [1.807, 2.05) is 12.1 Å². The second kappa shape index (κ2) is 4.89. The van der Waals surface area contributed by atoms with E-state index in [9.17, 15) is 0 Å². The highest BCUT2D eigenvalue weighted by atomic mass is 28.4. The molecule has 18 heavy (non-hydrogen) atoms. The van der Waals surface area contributed by atoms with Crippen LogP contribution in [-0.2, 0) is 9.26 Å². The molecule has 0 unspecified atom stereocenters. The van der Waals surface area contributed by atoms with Crippen molar-refractivity contribution in [3.8, 4) is 0 Å². The van der Waals surface area contributed by atoms with Gasteiger partial charge in [0.05, 0.1) is 0 Å². The van der Waals surface area contributed by atoms with Gasteiger partial charge in [0.15, 0.2) is 14.1 Å². The van der Waals surface area contributed by atoms with Crippen LogP contribution in [-0.4, -0.2) is 32.3 Å². The Bertz CT molecular complexity index is 299. The van der Waals surface area contributed by atoms with Crippen LogP contribution in [0.15, 0.2) is 0 Å². The van der Waals surface area contributed by atoms with E-state index in [0.29, 0.717) is 12.0 Å². The largest absolute Gasteiger partial charge is 0.389 e. The molecule has 1 rings (SSSR count). The van der Waals surface area contributed by atoms with E-state index in [-0.39, 0.29) is 5.04 Å². The quantitative estimate of drug-likeness (QED) is 0.725. The highest BCUT2D eigenvalue weighted by molar-refractivity contribution is 6.74. The van der Waals surface area contributed by atoms with Gasteiger partial charge in [0, 0.05) is 19.5 Å². The Labute approximate surface area is 114 Å². The lowest BCUT2D eigenvalue weighted by Gasteiger charge is -2.41. The Morgan fingerprint density at radius 1 is 1.33 bits per heavy atom. The molecule has 2 atom stereocenters. The van der Waals surface area contributed by atoms with Crippen LogP contribution in [0.1, 0.15) is 48.0 Å². The van der Waals surface area contributed by atoms with Gasteiger partial charge in [-0.3, -0.25) is 4.84 Å². The molecule has 0 radical (unpaired) electrons. The number of rotatable bonds is 3. The van der Waals surface area contributed by atoms with Crippen molar-refractivity contribution in [3.63, 3.8) is 0 Å². The standard InChI is InChI=1S/C14H31NO2Si/c1-11(2)12-10-14(6,16-15(12)7)17-18(8,9)13(3,4)5/h11-12H,10H2,1-9H3/t12-,14-/m1/s1. The smallest absolute Gasteiger partial charge is 0.195 e. The summed E-state index contributed by atoms with van der Waals surface area (Å²) in [6.07, 6.45) is 0.952. The summed E-state index contributed by atoms with van der Waals surface area (Å²) in [6.45, 7) is 17.9. The first kappa shape index (κ1) is 16.2. The van der Waals surface area contributed by atoms with Gasteiger partial charge in [0.25, 0.3) is 0 Å². The van der Waals surface area contributed by atoms with Crippen molar-refractivity contribution < 1.29 is 9.26 Å². The van der Waals surface area contributed by atoms with E-state index < -0.39 is 14.1 Å². The maximum Gasteiger partial charge on any atom is 0.195 e. The van der Waals surface area contributed by atoms with Crippen molar-refractivity contribution in [2.45, 2.75) is 77.9 Å². The zero-order valence-corrected chi connectivity index (χ0v) is 14.6. The summed E-state index contributed by atoms with van der Waals surface area (Å²) in [7, 11) is 0.231. The fourth-order valence-corrected chi connectivity index (χ4v) is 3.83. The van der Waals surface area contributed by atoms with Gasteiger partial charge in [-0.25, -0.2) is 0 Å². The Balaban J connectivity index is 2.80. The van der Waals surface area contributed by atoms with Crippen molar-refractivity contribution in [1.82, 2.24) is 5.06 Å². The van der Waals surface area contributed by atoms with Crippen molar-refractivity contribution in [2.24, 2.45) is 5.92 Å². The predicted octanol–water partition coefficient (Wildman–Crippen LogP) is 4.02. The van der Waals surface area contributed by atoms with Crippen LogP contribution >= 0.6 is 0 Å². The van der Waals surface area contributed by atoms with E-state index >= 15 is 0 Å². The Morgan fingerprint density at radius 3 is 2.17 bits per heavy atom. The first-order valence-electron chi connectivity index (χ1n) is 7.00. The highest BCUT2D eigenvalue weighted by Gasteiger charge is 2.49. The van der Waals surface area contributed by atoms with Gasteiger partial charge in [-0.15, -0.1) is 0 Å². The van der Waals surface area contributed by atoms with Gasteiger partial charge in [0.2, 0.25) is 0 Å².